The third-order valence-electron chi connectivity index (χ3n) is 10.5. The Morgan fingerprint density at radius 1 is 0.258 bits per heavy atom. The Morgan fingerprint density at radius 2 is 0.452 bits per heavy atom. The van der Waals surface area contributed by atoms with Crippen LogP contribution < -0.4 is 32.8 Å². The van der Waals surface area contributed by atoms with Gasteiger partial charge in [-0.1, -0.05) is 119 Å². The summed E-state index contributed by atoms with van der Waals surface area (Å²) in [7, 11) is 0. The average molecular weight is 888 g/mol. The number of halogens is 18. The van der Waals surface area contributed by atoms with Gasteiger partial charge in [-0.2, -0.15) is 79.0 Å². The van der Waals surface area contributed by atoms with Crippen LogP contribution in [0.15, 0.2) is 121 Å². The van der Waals surface area contributed by atoms with Crippen molar-refractivity contribution in [1.29, 1.82) is 0 Å². The quantitative estimate of drug-likeness (QED) is 0.120. The van der Waals surface area contributed by atoms with E-state index in [0.29, 0.717) is 22.3 Å². The van der Waals surface area contributed by atoms with Crippen LogP contribution in [0.4, 0.5) is 79.0 Å². The summed E-state index contributed by atoms with van der Waals surface area (Å²) in [6.45, 7) is -3.05. The molecule has 6 aromatic carbocycles. The van der Waals surface area contributed by atoms with Gasteiger partial charge >= 0.3 is 37.1 Å². The van der Waals surface area contributed by atoms with Crippen molar-refractivity contribution in [3.05, 3.63) is 155 Å². The Bertz CT molecular complexity index is 2340. The maximum atomic E-state index is 13.9. The minimum absolute atomic E-state index is 0.166. The molecule has 0 bridgehead atoms. The topological polar surface area (TPSA) is 0 Å². The second kappa shape index (κ2) is 14.9. The highest BCUT2D eigenvalue weighted by molar-refractivity contribution is 7.00. The summed E-state index contributed by atoms with van der Waals surface area (Å²) in [5.74, 6) is 0. The Kier molecular flexibility index (Phi) is 10.7. The first-order valence-electron chi connectivity index (χ1n) is 17.8. The van der Waals surface area contributed by atoms with E-state index in [-0.39, 0.29) is 46.1 Å². The van der Waals surface area contributed by atoms with Gasteiger partial charge in [0.25, 0.3) is 0 Å². The van der Waals surface area contributed by atoms with Crippen LogP contribution in [0.3, 0.4) is 0 Å². The lowest BCUT2D eigenvalue weighted by Crippen LogP contribution is -2.54. The molecule has 2 aliphatic heterocycles. The molecule has 320 valence electrons. The molecule has 2 heterocycles. The maximum absolute atomic E-state index is 13.9. The molecule has 0 spiro atoms. The molecule has 8 rings (SSSR count). The van der Waals surface area contributed by atoms with Gasteiger partial charge in [-0.15, -0.1) is 0 Å². The standard InChI is InChI=1S/2C21H10BF9/c2*23-19(24,25)11-9-14(20(26,27)28)18(15(10-11)21(29,30)31)22-16-7-3-1-5-12(16)13-6-2-4-8-17(13)22/h2*1-10H. The Balaban J connectivity index is 0.000000186. The fraction of sp³-hybridized carbons (Fsp3) is 0.143. The number of hydrogen-bond acceptors (Lipinski definition) is 0. The Labute approximate surface area is 339 Å². The molecule has 62 heavy (non-hydrogen) atoms. The molecule has 0 amide bonds. The summed E-state index contributed by atoms with van der Waals surface area (Å²) in [5.41, 5.74) is -11.9. The zero-order valence-electron chi connectivity index (χ0n) is 30.5. The Morgan fingerprint density at radius 3 is 0.629 bits per heavy atom. The number of fused-ring (bicyclic) bond motifs is 6. The molecule has 20 heteroatoms. The van der Waals surface area contributed by atoms with Crippen molar-refractivity contribution >= 4 is 46.2 Å². The molecule has 0 radical (unpaired) electrons. The van der Waals surface area contributed by atoms with Crippen LogP contribution in [0.5, 0.6) is 0 Å². The minimum Gasteiger partial charge on any atom is -0.166 e. The van der Waals surface area contributed by atoms with E-state index in [4.69, 9.17) is 0 Å². The van der Waals surface area contributed by atoms with Crippen molar-refractivity contribution in [2.24, 2.45) is 0 Å². The third-order valence-corrected chi connectivity index (χ3v) is 10.5. The molecule has 2 aliphatic rings. The van der Waals surface area contributed by atoms with E-state index < -0.39 is 94.8 Å². The van der Waals surface area contributed by atoms with E-state index in [0.717, 1.165) is 0 Å². The van der Waals surface area contributed by atoms with E-state index in [9.17, 15) is 79.0 Å². The second-order valence-electron chi connectivity index (χ2n) is 14.2. The van der Waals surface area contributed by atoms with Crippen LogP contribution in [-0.2, 0) is 37.1 Å². The third kappa shape index (κ3) is 8.03. The number of alkyl halides is 18. The summed E-state index contributed by atoms with van der Waals surface area (Å²) in [6.07, 6.45) is -32.5. The zero-order valence-corrected chi connectivity index (χ0v) is 30.5. The number of rotatable bonds is 2. The molecule has 0 saturated carbocycles. The van der Waals surface area contributed by atoms with Crippen molar-refractivity contribution in [3.8, 4) is 22.3 Å². The molecule has 0 unspecified atom stereocenters. The van der Waals surface area contributed by atoms with Crippen LogP contribution in [0.1, 0.15) is 33.4 Å². The van der Waals surface area contributed by atoms with Crippen LogP contribution in [0, 0.1) is 0 Å². The van der Waals surface area contributed by atoms with Gasteiger partial charge in [0.2, 0.25) is 13.4 Å². The SMILES string of the molecule is FC(F)(F)c1cc(C(F)(F)F)c(B2c3ccccc3-c3ccccc32)c(C(F)(F)F)c1.FC(F)(F)c1cc(C(F)(F)F)c(B2c3ccccc3-c3ccccc32)c(C(F)(F)F)c1. The number of benzene rings is 6. The van der Waals surface area contributed by atoms with Gasteiger partial charge in [0, 0.05) is 0 Å². The van der Waals surface area contributed by atoms with Gasteiger partial charge in [-0.05, 0) is 57.4 Å². The lowest BCUT2D eigenvalue weighted by Gasteiger charge is -2.24. The highest BCUT2D eigenvalue weighted by Crippen LogP contribution is 2.42. The lowest BCUT2D eigenvalue weighted by molar-refractivity contribution is -0.149. The average Bonchev–Trinajstić information content (AvgIpc) is 3.68. The van der Waals surface area contributed by atoms with Crippen molar-refractivity contribution in [3.63, 3.8) is 0 Å². The van der Waals surface area contributed by atoms with Crippen molar-refractivity contribution in [2.45, 2.75) is 37.1 Å². The number of hydrogen-bond donors (Lipinski definition) is 0. The monoisotopic (exact) mass is 888 g/mol. The molecule has 0 fully saturated rings. The summed E-state index contributed by atoms with van der Waals surface area (Å²) >= 11 is 0. The van der Waals surface area contributed by atoms with Gasteiger partial charge in [0.15, 0.2) is 0 Å². The fourth-order valence-corrected chi connectivity index (χ4v) is 8.13. The van der Waals surface area contributed by atoms with Crippen molar-refractivity contribution in [1.82, 2.24) is 0 Å². The largest absolute Gasteiger partial charge is 0.416 e. The highest BCUT2D eigenvalue weighted by atomic mass is 19.4. The fourth-order valence-electron chi connectivity index (χ4n) is 8.13. The lowest BCUT2D eigenvalue weighted by atomic mass is 9.37. The normalized spacial score (nSPS) is 13.9. The van der Waals surface area contributed by atoms with Crippen molar-refractivity contribution in [2.75, 3.05) is 0 Å². The van der Waals surface area contributed by atoms with E-state index in [2.05, 4.69) is 0 Å². The van der Waals surface area contributed by atoms with Gasteiger partial charge in [0.1, 0.15) is 0 Å². The molecule has 0 N–H and O–H groups in total. The summed E-state index contributed by atoms with van der Waals surface area (Å²) in [5, 5.41) is 0. The molecular weight excluding hydrogens is 868 g/mol. The van der Waals surface area contributed by atoms with Gasteiger partial charge < -0.3 is 0 Å². The summed E-state index contributed by atoms with van der Waals surface area (Å²) in [4.78, 5) is 0. The van der Waals surface area contributed by atoms with Crippen LogP contribution >= 0.6 is 0 Å². The first-order chi connectivity index (χ1) is 28.6. The molecular formula is C42H20B2F18. The van der Waals surface area contributed by atoms with E-state index >= 15 is 0 Å². The minimum atomic E-state index is -5.44. The van der Waals surface area contributed by atoms with Crippen LogP contribution in [0.2, 0.25) is 0 Å². The van der Waals surface area contributed by atoms with Gasteiger partial charge in [-0.3, -0.25) is 0 Å². The molecule has 0 nitrogen and oxygen atoms in total. The molecule has 0 saturated heterocycles. The zero-order chi connectivity index (χ0) is 45.5. The van der Waals surface area contributed by atoms with Crippen LogP contribution in [-0.4, -0.2) is 13.4 Å². The predicted octanol–water partition coefficient (Wildman–Crippen LogP) is 10.5. The first kappa shape index (κ1) is 44.3. The van der Waals surface area contributed by atoms with E-state index in [1.54, 1.807) is 48.5 Å². The highest BCUT2D eigenvalue weighted by Gasteiger charge is 2.51. The Hall–Kier alpha value is -5.81. The summed E-state index contributed by atoms with van der Waals surface area (Å²) < 4.78 is 245. The maximum Gasteiger partial charge on any atom is 0.416 e. The molecule has 0 aliphatic carbocycles. The first-order valence-corrected chi connectivity index (χ1v) is 17.8. The van der Waals surface area contributed by atoms with Crippen molar-refractivity contribution < 1.29 is 79.0 Å². The molecule has 6 aromatic rings. The van der Waals surface area contributed by atoms with Gasteiger partial charge in [0.05, 0.1) is 33.4 Å². The molecule has 0 atom stereocenters. The molecule has 0 aromatic heterocycles. The van der Waals surface area contributed by atoms with Gasteiger partial charge in [-0.25, -0.2) is 0 Å². The van der Waals surface area contributed by atoms with E-state index in [1.165, 1.54) is 48.5 Å². The van der Waals surface area contributed by atoms with Crippen LogP contribution in [0.25, 0.3) is 22.3 Å². The predicted molar refractivity (Wildman–Crippen MR) is 196 cm³/mol. The smallest absolute Gasteiger partial charge is 0.166 e. The summed E-state index contributed by atoms with van der Waals surface area (Å²) in [6, 6.07) is 23.0. The second-order valence-corrected chi connectivity index (χ2v) is 14.2. The van der Waals surface area contributed by atoms with E-state index in [1.807, 2.05) is 0 Å².